The molecule has 0 unspecified atom stereocenters. The molecule has 104 valence electrons. The number of carbonyl (C=O) groups excluding carboxylic acids is 1. The first-order valence-corrected chi connectivity index (χ1v) is 6.22. The number of amides is 2. The highest BCUT2D eigenvalue weighted by Crippen LogP contribution is 2.26. The number of hydrogen-bond donors (Lipinski definition) is 3. The van der Waals surface area contributed by atoms with Crippen molar-refractivity contribution in [2.75, 3.05) is 10.6 Å². The van der Waals surface area contributed by atoms with Crippen LogP contribution in [0.15, 0.2) is 29.0 Å². The topological polar surface area (TPSA) is 109 Å². The van der Waals surface area contributed by atoms with Gasteiger partial charge in [-0.15, -0.1) is 0 Å². The molecule has 0 bridgehead atoms. The summed E-state index contributed by atoms with van der Waals surface area (Å²) in [6.07, 6.45) is 1.29. The minimum absolute atomic E-state index is 0.0208. The summed E-state index contributed by atoms with van der Waals surface area (Å²) in [7, 11) is 1.61. The van der Waals surface area contributed by atoms with Gasteiger partial charge in [-0.1, -0.05) is 6.07 Å². The second-order valence-electron chi connectivity index (χ2n) is 3.75. The third-order valence-electron chi connectivity index (χ3n) is 2.42. The van der Waals surface area contributed by atoms with Crippen LogP contribution in [0, 0.1) is 0 Å². The molecule has 0 aliphatic carbocycles. The zero-order chi connectivity index (χ0) is 14.7. The Balaban J connectivity index is 2.20. The highest BCUT2D eigenvalue weighted by atomic mass is 79.9. The third kappa shape index (κ3) is 2.94. The largest absolute Gasteiger partial charge is 0.478 e. The first-order chi connectivity index (χ1) is 9.49. The lowest BCUT2D eigenvalue weighted by Gasteiger charge is -2.11. The van der Waals surface area contributed by atoms with Crippen molar-refractivity contribution in [1.82, 2.24) is 14.8 Å². The minimum atomic E-state index is -1.14. The maximum Gasteiger partial charge on any atom is 0.337 e. The van der Waals surface area contributed by atoms with Crippen molar-refractivity contribution < 1.29 is 14.7 Å². The smallest absolute Gasteiger partial charge is 0.337 e. The van der Waals surface area contributed by atoms with E-state index in [1.807, 2.05) is 0 Å². The van der Waals surface area contributed by atoms with E-state index >= 15 is 0 Å². The van der Waals surface area contributed by atoms with Gasteiger partial charge in [-0.2, -0.15) is 10.1 Å². The molecular formula is C11H10BrN5O3. The minimum Gasteiger partial charge on any atom is -0.478 e. The summed E-state index contributed by atoms with van der Waals surface area (Å²) in [5, 5.41) is 17.8. The number of hydrogen-bond acceptors (Lipinski definition) is 4. The average molecular weight is 340 g/mol. The number of aromatic carboxylic acids is 1. The summed E-state index contributed by atoms with van der Waals surface area (Å²) >= 11 is 3.20. The van der Waals surface area contributed by atoms with Crippen molar-refractivity contribution in [3.63, 3.8) is 0 Å². The molecule has 3 N–H and O–H groups in total. The molecule has 0 radical (unpaired) electrons. The molecule has 1 aromatic heterocycles. The van der Waals surface area contributed by atoms with Gasteiger partial charge in [0.1, 0.15) is 6.33 Å². The number of halogens is 1. The van der Waals surface area contributed by atoms with Crippen LogP contribution >= 0.6 is 15.9 Å². The van der Waals surface area contributed by atoms with Gasteiger partial charge < -0.3 is 10.4 Å². The molecule has 0 fully saturated rings. The van der Waals surface area contributed by atoms with E-state index in [9.17, 15) is 9.59 Å². The number of urea groups is 1. The lowest BCUT2D eigenvalue weighted by atomic mass is 10.2. The molecule has 8 nitrogen and oxygen atoms in total. The molecule has 2 rings (SSSR count). The van der Waals surface area contributed by atoms with Gasteiger partial charge in [-0.05, 0) is 28.1 Å². The lowest BCUT2D eigenvalue weighted by Crippen LogP contribution is -2.23. The van der Waals surface area contributed by atoms with Gasteiger partial charge >= 0.3 is 12.0 Å². The number of aryl methyl sites for hydroxylation is 1. The summed E-state index contributed by atoms with van der Waals surface area (Å²) in [4.78, 5) is 26.8. The Bertz CT molecular complexity index is 670. The van der Waals surface area contributed by atoms with Gasteiger partial charge in [0.2, 0.25) is 5.95 Å². The van der Waals surface area contributed by atoms with E-state index in [1.54, 1.807) is 19.2 Å². The van der Waals surface area contributed by atoms with E-state index in [2.05, 4.69) is 36.6 Å². The second kappa shape index (κ2) is 5.70. The molecule has 9 heteroatoms. The molecule has 1 aromatic carbocycles. The number of anilines is 2. The summed E-state index contributed by atoms with van der Waals surface area (Å²) in [6.45, 7) is 0. The van der Waals surface area contributed by atoms with Crippen LogP contribution in [0.25, 0.3) is 0 Å². The molecule has 2 aromatic rings. The van der Waals surface area contributed by atoms with Crippen LogP contribution in [-0.4, -0.2) is 31.9 Å². The van der Waals surface area contributed by atoms with E-state index < -0.39 is 12.0 Å². The maximum atomic E-state index is 11.8. The van der Waals surface area contributed by atoms with Crippen LogP contribution in [0.1, 0.15) is 10.4 Å². The van der Waals surface area contributed by atoms with E-state index in [0.717, 1.165) is 0 Å². The molecule has 0 saturated heterocycles. The van der Waals surface area contributed by atoms with E-state index in [0.29, 0.717) is 4.47 Å². The van der Waals surface area contributed by atoms with E-state index in [-0.39, 0.29) is 17.2 Å². The quantitative estimate of drug-likeness (QED) is 0.791. The molecule has 1 heterocycles. The summed E-state index contributed by atoms with van der Waals surface area (Å²) in [6, 6.07) is 3.98. The summed E-state index contributed by atoms with van der Waals surface area (Å²) < 4.78 is 1.84. The van der Waals surface area contributed by atoms with Gasteiger partial charge in [-0.3, -0.25) is 5.32 Å². The Morgan fingerprint density at radius 2 is 2.10 bits per heavy atom. The Labute approximate surface area is 121 Å². The van der Waals surface area contributed by atoms with Crippen molar-refractivity contribution in [3.8, 4) is 0 Å². The monoisotopic (exact) mass is 339 g/mol. The predicted octanol–water partition coefficient (Wildman–Crippen LogP) is 1.92. The van der Waals surface area contributed by atoms with Crippen LogP contribution in [0.5, 0.6) is 0 Å². The number of carboxylic acid groups (broad SMARTS) is 1. The van der Waals surface area contributed by atoms with Crippen molar-refractivity contribution >= 4 is 39.6 Å². The van der Waals surface area contributed by atoms with Crippen molar-refractivity contribution in [1.29, 1.82) is 0 Å². The number of carboxylic acids is 1. The normalized spacial score (nSPS) is 10.1. The number of rotatable bonds is 3. The van der Waals surface area contributed by atoms with Crippen LogP contribution in [0.3, 0.4) is 0 Å². The lowest BCUT2D eigenvalue weighted by molar-refractivity contribution is 0.0698. The fourth-order valence-electron chi connectivity index (χ4n) is 1.49. The van der Waals surface area contributed by atoms with Crippen molar-refractivity contribution in [2.45, 2.75) is 0 Å². The number of para-hydroxylation sites is 1. The molecule has 20 heavy (non-hydrogen) atoms. The number of carbonyl (C=O) groups is 2. The zero-order valence-corrected chi connectivity index (χ0v) is 11.9. The van der Waals surface area contributed by atoms with Gasteiger partial charge in [0.05, 0.1) is 11.3 Å². The Kier molecular flexibility index (Phi) is 3.99. The van der Waals surface area contributed by atoms with E-state index in [1.165, 1.54) is 17.1 Å². The molecule has 0 saturated carbocycles. The molecule has 0 atom stereocenters. The van der Waals surface area contributed by atoms with Gasteiger partial charge in [0, 0.05) is 11.5 Å². The van der Waals surface area contributed by atoms with Gasteiger partial charge in [0.15, 0.2) is 0 Å². The van der Waals surface area contributed by atoms with Crippen molar-refractivity contribution in [2.24, 2.45) is 7.05 Å². The number of aromatic nitrogens is 3. The third-order valence-corrected chi connectivity index (χ3v) is 3.08. The standard InChI is InChI=1S/C11H10BrN5O3/c1-17-10(13-5-14-17)16-11(20)15-8-6(9(18)19)3-2-4-7(8)12/h2-5H,1H3,(H,18,19)(H2,13,14,15,16,20). The highest BCUT2D eigenvalue weighted by molar-refractivity contribution is 9.10. The van der Waals surface area contributed by atoms with Crippen LogP contribution in [0.2, 0.25) is 0 Å². The molecular weight excluding hydrogens is 330 g/mol. The van der Waals surface area contributed by atoms with Gasteiger partial charge in [0.25, 0.3) is 0 Å². The van der Waals surface area contributed by atoms with Gasteiger partial charge in [-0.25, -0.2) is 14.3 Å². The molecule has 2 amide bonds. The first kappa shape index (κ1) is 14.0. The first-order valence-electron chi connectivity index (χ1n) is 5.43. The summed E-state index contributed by atoms with van der Waals surface area (Å²) in [5.41, 5.74) is 0.146. The Morgan fingerprint density at radius 3 is 2.70 bits per heavy atom. The van der Waals surface area contributed by atoms with Crippen LogP contribution in [0.4, 0.5) is 16.4 Å². The number of benzene rings is 1. The fourth-order valence-corrected chi connectivity index (χ4v) is 1.95. The van der Waals surface area contributed by atoms with Crippen LogP contribution in [-0.2, 0) is 7.05 Å². The Hall–Kier alpha value is -2.42. The zero-order valence-electron chi connectivity index (χ0n) is 10.3. The Morgan fingerprint density at radius 1 is 1.35 bits per heavy atom. The molecule has 0 spiro atoms. The highest BCUT2D eigenvalue weighted by Gasteiger charge is 2.16. The molecule has 0 aliphatic rings. The van der Waals surface area contributed by atoms with Crippen LogP contribution < -0.4 is 10.6 Å². The SMILES string of the molecule is Cn1ncnc1NC(=O)Nc1c(Br)cccc1C(=O)O. The average Bonchev–Trinajstić information content (AvgIpc) is 2.77. The molecule has 0 aliphatic heterocycles. The number of nitrogens with one attached hydrogen (secondary N) is 2. The predicted molar refractivity (Wildman–Crippen MR) is 74.7 cm³/mol. The fraction of sp³-hybridized carbons (Fsp3) is 0.0909. The van der Waals surface area contributed by atoms with E-state index in [4.69, 9.17) is 5.11 Å². The number of nitrogens with zero attached hydrogens (tertiary/aromatic N) is 3. The summed E-state index contributed by atoms with van der Waals surface area (Å²) in [5.74, 6) is -0.897. The second-order valence-corrected chi connectivity index (χ2v) is 4.61. The maximum absolute atomic E-state index is 11.8. The van der Waals surface area contributed by atoms with Crippen molar-refractivity contribution in [3.05, 3.63) is 34.6 Å².